The van der Waals surface area contributed by atoms with Crippen LogP contribution in [0.15, 0.2) is 23.7 Å². The van der Waals surface area contributed by atoms with Crippen molar-refractivity contribution in [2.24, 2.45) is 0 Å². The number of aliphatic hydroxyl groups excluding tert-OH is 2. The van der Waals surface area contributed by atoms with Gasteiger partial charge in [0.15, 0.2) is 0 Å². The monoisotopic (exact) mass is 110 g/mol. The Morgan fingerprint density at radius 2 is 2.12 bits per heavy atom. The van der Waals surface area contributed by atoms with Gasteiger partial charge in [-0.25, -0.2) is 0 Å². The summed E-state index contributed by atoms with van der Waals surface area (Å²) >= 11 is 0. The Morgan fingerprint density at radius 3 is 2.50 bits per heavy atom. The third-order valence-electron chi connectivity index (χ3n) is 0.884. The Kier molecular flexibility index (Phi) is 1.24. The van der Waals surface area contributed by atoms with Gasteiger partial charge in [-0.1, -0.05) is 0 Å². The number of hydrogen-bond acceptors (Lipinski definition) is 2. The molecule has 0 unspecified atom stereocenters. The first kappa shape index (κ1) is 5.22. The Labute approximate surface area is 47.8 Å². The van der Waals surface area contributed by atoms with E-state index in [-0.39, 0.29) is 11.5 Å². The van der Waals surface area contributed by atoms with Gasteiger partial charge in [0, 0.05) is 6.42 Å². The van der Waals surface area contributed by atoms with Gasteiger partial charge in [0.2, 0.25) is 0 Å². The number of rotatable bonds is 0. The molecule has 0 fully saturated rings. The summed E-state index contributed by atoms with van der Waals surface area (Å²) in [7, 11) is 0. The van der Waals surface area contributed by atoms with Crippen molar-refractivity contribution in [2.75, 3.05) is 0 Å². The van der Waals surface area contributed by atoms with E-state index in [1.807, 2.05) is 0 Å². The van der Waals surface area contributed by atoms with Crippen molar-refractivity contribution in [2.45, 2.75) is 6.42 Å². The molecule has 1 rings (SSSR count). The molecule has 0 bridgehead atoms. The van der Waals surface area contributed by atoms with E-state index in [1.165, 1.54) is 12.2 Å². The summed E-state index contributed by atoms with van der Waals surface area (Å²) < 4.78 is 0. The SMILES string of the molecule is OC1=CC=C(O)C[C]1. The van der Waals surface area contributed by atoms with Gasteiger partial charge in [0.1, 0.15) is 5.76 Å². The number of aliphatic hydroxyl groups is 2. The summed E-state index contributed by atoms with van der Waals surface area (Å²) in [4.78, 5) is 0. The van der Waals surface area contributed by atoms with Gasteiger partial charge < -0.3 is 10.2 Å². The van der Waals surface area contributed by atoms with Crippen LogP contribution in [0.5, 0.6) is 0 Å². The summed E-state index contributed by atoms with van der Waals surface area (Å²) in [5.74, 6) is 0.339. The zero-order valence-electron chi connectivity index (χ0n) is 4.26. The quantitative estimate of drug-likeness (QED) is 0.494. The molecule has 1 aliphatic rings. The van der Waals surface area contributed by atoms with Gasteiger partial charge in [-0.2, -0.15) is 0 Å². The molecule has 0 aromatic carbocycles. The summed E-state index contributed by atoms with van der Waals surface area (Å²) in [5, 5.41) is 17.3. The zero-order chi connectivity index (χ0) is 5.98. The molecule has 8 heavy (non-hydrogen) atoms. The highest BCUT2D eigenvalue weighted by atomic mass is 16.3. The lowest BCUT2D eigenvalue weighted by Crippen LogP contribution is -1.91. The minimum atomic E-state index is 0.0998. The van der Waals surface area contributed by atoms with Crippen molar-refractivity contribution in [3.8, 4) is 0 Å². The predicted octanol–water partition coefficient (Wildman–Crippen LogP) is 1.36. The second kappa shape index (κ2) is 1.90. The summed E-state index contributed by atoms with van der Waals surface area (Å²) in [6, 6.07) is 0. The maximum atomic E-state index is 8.67. The minimum absolute atomic E-state index is 0.0998. The van der Waals surface area contributed by atoms with Crippen molar-refractivity contribution in [1.82, 2.24) is 0 Å². The van der Waals surface area contributed by atoms with Crippen LogP contribution < -0.4 is 0 Å². The highest BCUT2D eigenvalue weighted by Crippen LogP contribution is 2.11. The van der Waals surface area contributed by atoms with Crippen LogP contribution in [0.1, 0.15) is 6.42 Å². The summed E-state index contributed by atoms with van der Waals surface area (Å²) in [6.45, 7) is 0. The van der Waals surface area contributed by atoms with Crippen LogP contribution in [-0.2, 0) is 0 Å². The fourth-order valence-corrected chi connectivity index (χ4v) is 0.474. The first-order valence-electron chi connectivity index (χ1n) is 2.32. The van der Waals surface area contributed by atoms with E-state index in [1.54, 1.807) is 0 Å². The topological polar surface area (TPSA) is 40.5 Å². The standard InChI is InChI=1S/C6H6O2/c7-5-1-2-6(8)4-3-5/h1-2,7-8H,3H2. The molecule has 42 valence electrons. The van der Waals surface area contributed by atoms with Crippen molar-refractivity contribution >= 4 is 0 Å². The van der Waals surface area contributed by atoms with Crippen molar-refractivity contribution in [3.05, 3.63) is 30.1 Å². The van der Waals surface area contributed by atoms with Gasteiger partial charge in [-0.3, -0.25) is 0 Å². The third-order valence-corrected chi connectivity index (χ3v) is 0.884. The Hall–Kier alpha value is -0.920. The highest BCUT2D eigenvalue weighted by Gasteiger charge is 2.01. The van der Waals surface area contributed by atoms with Crippen molar-refractivity contribution in [1.29, 1.82) is 0 Å². The minimum Gasteiger partial charge on any atom is -0.512 e. The first-order chi connectivity index (χ1) is 3.79. The lowest BCUT2D eigenvalue weighted by atomic mass is 10.1. The van der Waals surface area contributed by atoms with Crippen LogP contribution in [0.2, 0.25) is 0 Å². The smallest absolute Gasteiger partial charge is 0.101 e. The van der Waals surface area contributed by atoms with Crippen LogP contribution in [-0.4, -0.2) is 10.2 Å². The van der Waals surface area contributed by atoms with Gasteiger partial charge >= 0.3 is 0 Å². The first-order valence-corrected chi connectivity index (χ1v) is 2.32. The molecule has 0 aromatic heterocycles. The number of hydrogen-bond donors (Lipinski definition) is 2. The van der Waals surface area contributed by atoms with E-state index in [2.05, 4.69) is 6.42 Å². The Balaban J connectivity index is 2.65. The van der Waals surface area contributed by atoms with Crippen LogP contribution in [0.25, 0.3) is 0 Å². The fraction of sp³-hybridized carbons (Fsp3) is 0.167. The molecule has 0 saturated heterocycles. The molecule has 2 radical (unpaired) electrons. The zero-order valence-corrected chi connectivity index (χ0v) is 4.26. The molecule has 0 saturated carbocycles. The van der Waals surface area contributed by atoms with Gasteiger partial charge in [-0.05, 0) is 12.2 Å². The lowest BCUT2D eigenvalue weighted by molar-refractivity contribution is 0.372. The maximum absolute atomic E-state index is 8.67. The van der Waals surface area contributed by atoms with E-state index >= 15 is 0 Å². The third kappa shape index (κ3) is 1.03. The van der Waals surface area contributed by atoms with E-state index in [9.17, 15) is 0 Å². The molecular formula is C6H6O2. The molecule has 0 heterocycles. The largest absolute Gasteiger partial charge is 0.512 e. The summed E-state index contributed by atoms with van der Waals surface area (Å²) in [5.41, 5.74) is 0. The highest BCUT2D eigenvalue weighted by molar-refractivity contribution is 5.22. The molecule has 0 aliphatic heterocycles. The molecule has 2 heteroatoms. The maximum Gasteiger partial charge on any atom is 0.101 e. The van der Waals surface area contributed by atoms with Crippen LogP contribution in [0, 0.1) is 6.42 Å². The van der Waals surface area contributed by atoms with E-state index in [0.717, 1.165) is 0 Å². The fourth-order valence-electron chi connectivity index (χ4n) is 0.474. The predicted molar refractivity (Wildman–Crippen MR) is 29.3 cm³/mol. The van der Waals surface area contributed by atoms with E-state index in [0.29, 0.717) is 6.42 Å². The van der Waals surface area contributed by atoms with Gasteiger partial charge in [0.25, 0.3) is 0 Å². The molecule has 0 amide bonds. The van der Waals surface area contributed by atoms with Gasteiger partial charge in [-0.15, -0.1) is 0 Å². The summed E-state index contributed by atoms with van der Waals surface area (Å²) in [6.07, 6.45) is 5.70. The molecule has 2 N–H and O–H groups in total. The average molecular weight is 110 g/mol. The van der Waals surface area contributed by atoms with Crippen LogP contribution in [0.3, 0.4) is 0 Å². The second-order valence-electron chi connectivity index (χ2n) is 1.56. The molecular weight excluding hydrogens is 104 g/mol. The normalized spacial score (nSPS) is 19.5. The number of allylic oxidation sites excluding steroid dienone is 4. The van der Waals surface area contributed by atoms with Crippen molar-refractivity contribution < 1.29 is 10.2 Å². The van der Waals surface area contributed by atoms with Crippen molar-refractivity contribution in [3.63, 3.8) is 0 Å². The van der Waals surface area contributed by atoms with Gasteiger partial charge in [0.05, 0.1) is 12.2 Å². The van der Waals surface area contributed by atoms with Crippen LogP contribution >= 0.6 is 0 Å². The molecule has 0 spiro atoms. The lowest BCUT2D eigenvalue weighted by Gasteiger charge is -2.01. The van der Waals surface area contributed by atoms with E-state index in [4.69, 9.17) is 10.2 Å². The molecule has 2 nitrogen and oxygen atoms in total. The molecule has 0 aromatic rings. The van der Waals surface area contributed by atoms with E-state index < -0.39 is 0 Å². The molecule has 0 atom stereocenters. The Morgan fingerprint density at radius 1 is 1.38 bits per heavy atom. The molecule has 1 aliphatic carbocycles. The Bertz CT molecular complexity index is 127. The van der Waals surface area contributed by atoms with Crippen LogP contribution in [0.4, 0.5) is 0 Å². The average Bonchev–Trinajstić information content (AvgIpc) is 1.77. The second-order valence-corrected chi connectivity index (χ2v) is 1.56.